The number of amides is 2. The number of benzene rings is 4. The summed E-state index contributed by atoms with van der Waals surface area (Å²) in [6.45, 7) is 8.16. The highest BCUT2D eigenvalue weighted by molar-refractivity contribution is 6.31. The van der Waals surface area contributed by atoms with Gasteiger partial charge in [-0.3, -0.25) is 19.4 Å². The van der Waals surface area contributed by atoms with E-state index in [1.54, 1.807) is 0 Å². The normalized spacial score (nSPS) is 25.5. The van der Waals surface area contributed by atoms with Crippen LogP contribution in [0.3, 0.4) is 0 Å². The summed E-state index contributed by atoms with van der Waals surface area (Å²) in [5.74, 6) is 0.0156. The van der Waals surface area contributed by atoms with Gasteiger partial charge in [-0.25, -0.2) is 0 Å². The van der Waals surface area contributed by atoms with Crippen LogP contribution in [0.5, 0.6) is 0 Å². The van der Waals surface area contributed by atoms with Crippen molar-refractivity contribution in [2.75, 3.05) is 79.8 Å². The van der Waals surface area contributed by atoms with Gasteiger partial charge in [0, 0.05) is 73.5 Å². The lowest BCUT2D eigenvalue weighted by atomic mass is 9.91. The molecule has 4 aromatic carbocycles. The van der Waals surface area contributed by atoms with E-state index < -0.39 is 12.2 Å². The van der Waals surface area contributed by atoms with E-state index in [0.29, 0.717) is 32.9 Å². The first-order valence-electron chi connectivity index (χ1n) is 20.5. The molecule has 0 aromatic heterocycles. The summed E-state index contributed by atoms with van der Waals surface area (Å²) in [4.78, 5) is 34.7. The Hall–Kier alpha value is -3.26. The molecule has 2 unspecified atom stereocenters. The number of ether oxygens (including phenoxy) is 4. The summed E-state index contributed by atoms with van der Waals surface area (Å²) in [6.07, 6.45) is -0.243. The Bertz CT molecular complexity index is 1850. The van der Waals surface area contributed by atoms with E-state index in [9.17, 15) is 9.59 Å². The Kier molecular flexibility index (Phi) is 15.8. The number of nitrogens with zero attached hydrogens (tertiary/aromatic N) is 4. The first kappa shape index (κ1) is 44.8. The second-order valence-electron chi connectivity index (χ2n) is 15.6. The van der Waals surface area contributed by atoms with Gasteiger partial charge < -0.3 is 28.7 Å². The molecule has 2 amide bonds. The minimum Gasteiger partial charge on any atom is -0.379 e. The van der Waals surface area contributed by atoms with Gasteiger partial charge in [0.2, 0.25) is 0 Å². The van der Waals surface area contributed by atoms with Gasteiger partial charge in [0.25, 0.3) is 11.8 Å². The lowest BCUT2D eigenvalue weighted by molar-refractivity contribution is -0.173. The molecule has 10 nitrogen and oxygen atoms in total. The molecule has 60 heavy (non-hydrogen) atoms. The molecule has 4 aliphatic heterocycles. The van der Waals surface area contributed by atoms with Gasteiger partial charge >= 0.3 is 0 Å². The predicted octanol–water partition coefficient (Wildman–Crippen LogP) is 8.71. The Labute approximate surface area is 373 Å². The summed E-state index contributed by atoms with van der Waals surface area (Å²) in [5.41, 5.74) is 3.97. The van der Waals surface area contributed by atoms with Crippen molar-refractivity contribution in [1.82, 2.24) is 19.6 Å². The largest absolute Gasteiger partial charge is 0.379 e. The number of halogens is 4. The highest BCUT2D eigenvalue weighted by Gasteiger charge is 2.43. The van der Waals surface area contributed by atoms with Crippen LogP contribution in [0.15, 0.2) is 97.1 Å². The molecule has 0 bridgehead atoms. The maximum absolute atomic E-state index is 13.2. The highest BCUT2D eigenvalue weighted by Crippen LogP contribution is 2.44. The van der Waals surface area contributed by atoms with Crippen molar-refractivity contribution in [3.8, 4) is 0 Å². The molecule has 0 spiro atoms. The molecule has 0 N–H and O–H groups in total. The van der Waals surface area contributed by atoms with Crippen molar-refractivity contribution in [3.05, 3.63) is 139 Å². The van der Waals surface area contributed by atoms with Gasteiger partial charge in [-0.2, -0.15) is 0 Å². The Morgan fingerprint density at radius 2 is 0.750 bits per heavy atom. The second-order valence-corrected chi connectivity index (χ2v) is 17.3. The number of rotatable bonds is 10. The zero-order valence-corrected chi connectivity index (χ0v) is 37.0. The SMILES string of the molecule is CN1C(=O)[C@@H](CCN2CCOCC2)O[C@H](c2ccc(Cl)cc2)C1c1ccc(Cl)cc1.CN1C(=O)[C@H](CCN2CCOCC2)O[C@@H](c2ccc(Cl)cc2)C1c1ccc(Cl)cc1. The quantitative estimate of drug-likeness (QED) is 0.157. The summed E-state index contributed by atoms with van der Waals surface area (Å²) in [6, 6.07) is 30.0. The molecular formula is C46H52Cl4N4O6. The monoisotopic (exact) mass is 896 g/mol. The molecule has 0 saturated carbocycles. The first-order chi connectivity index (χ1) is 29.0. The topological polar surface area (TPSA) is 84.0 Å². The lowest BCUT2D eigenvalue weighted by Crippen LogP contribution is -2.50. The van der Waals surface area contributed by atoms with E-state index in [-0.39, 0.29) is 36.1 Å². The highest BCUT2D eigenvalue weighted by atomic mass is 35.5. The average molecular weight is 899 g/mol. The van der Waals surface area contributed by atoms with Gasteiger partial charge in [0.05, 0.1) is 38.5 Å². The van der Waals surface area contributed by atoms with Crippen molar-refractivity contribution in [1.29, 1.82) is 0 Å². The van der Waals surface area contributed by atoms with Crippen molar-refractivity contribution in [3.63, 3.8) is 0 Å². The Morgan fingerprint density at radius 1 is 0.467 bits per heavy atom. The van der Waals surface area contributed by atoms with E-state index in [4.69, 9.17) is 65.4 Å². The third kappa shape index (κ3) is 11.2. The van der Waals surface area contributed by atoms with Gasteiger partial charge in [-0.15, -0.1) is 0 Å². The first-order valence-corrected chi connectivity index (χ1v) is 22.0. The maximum atomic E-state index is 13.2. The van der Waals surface area contributed by atoms with Gasteiger partial charge in [-0.1, -0.05) is 94.9 Å². The predicted molar refractivity (Wildman–Crippen MR) is 236 cm³/mol. The van der Waals surface area contributed by atoms with E-state index in [0.717, 1.165) is 87.9 Å². The van der Waals surface area contributed by atoms with Crippen LogP contribution in [0, 0.1) is 0 Å². The zero-order valence-electron chi connectivity index (χ0n) is 33.9. The lowest BCUT2D eigenvalue weighted by Gasteiger charge is -2.43. The molecule has 4 heterocycles. The van der Waals surface area contributed by atoms with Crippen molar-refractivity contribution >= 4 is 58.2 Å². The van der Waals surface area contributed by atoms with E-state index in [1.807, 2.05) is 121 Å². The number of hydrogen-bond donors (Lipinski definition) is 0. The average Bonchev–Trinajstić information content (AvgIpc) is 3.27. The smallest absolute Gasteiger partial charge is 0.252 e. The van der Waals surface area contributed by atoms with Crippen molar-refractivity contribution in [2.45, 2.75) is 49.3 Å². The van der Waals surface area contributed by atoms with Crippen LogP contribution in [-0.4, -0.2) is 123 Å². The molecule has 320 valence electrons. The standard InChI is InChI=1S/2C23H26Cl2N2O3/c2*1-26-21(16-2-6-18(24)7-3-16)22(17-4-8-19(25)9-5-17)30-20(23(26)28)10-11-27-12-14-29-15-13-27/h2*2-9,20-22H,10-15H2,1H3/t2*20-,21?,22-/m10/s1. The van der Waals surface area contributed by atoms with Crippen LogP contribution in [0.25, 0.3) is 0 Å². The molecule has 6 atom stereocenters. The minimum atomic E-state index is -0.484. The van der Waals surface area contributed by atoms with E-state index in [2.05, 4.69) is 9.80 Å². The van der Waals surface area contributed by atoms with E-state index in [1.165, 1.54) is 0 Å². The van der Waals surface area contributed by atoms with Crippen LogP contribution in [-0.2, 0) is 28.5 Å². The summed E-state index contributed by atoms with van der Waals surface area (Å²) in [5, 5.41) is 2.67. The fraction of sp³-hybridized carbons (Fsp3) is 0.435. The molecule has 4 fully saturated rings. The third-order valence-electron chi connectivity index (χ3n) is 11.7. The summed E-state index contributed by atoms with van der Waals surface area (Å²) in [7, 11) is 3.71. The molecule has 14 heteroatoms. The summed E-state index contributed by atoms with van der Waals surface area (Å²) < 4.78 is 23.8. The molecule has 8 rings (SSSR count). The number of morpholine rings is 4. The third-order valence-corrected chi connectivity index (χ3v) is 12.7. The minimum absolute atomic E-state index is 0.00780. The molecule has 4 aliphatic rings. The molecule has 4 saturated heterocycles. The Balaban J connectivity index is 0.000000181. The molecule has 4 aromatic rings. The number of hydrogen-bond acceptors (Lipinski definition) is 8. The molecular weight excluding hydrogens is 846 g/mol. The fourth-order valence-electron chi connectivity index (χ4n) is 8.33. The van der Waals surface area contributed by atoms with Gasteiger partial charge in [0.1, 0.15) is 24.4 Å². The Morgan fingerprint density at radius 3 is 1.05 bits per heavy atom. The second kappa shape index (κ2) is 21.2. The fourth-order valence-corrected chi connectivity index (χ4v) is 8.83. The van der Waals surface area contributed by atoms with Crippen LogP contribution >= 0.6 is 46.4 Å². The van der Waals surface area contributed by atoms with Crippen LogP contribution < -0.4 is 0 Å². The number of likely N-dealkylation sites (N-methyl/N-ethyl adjacent to an activating group) is 2. The molecule has 0 radical (unpaired) electrons. The maximum Gasteiger partial charge on any atom is 0.252 e. The van der Waals surface area contributed by atoms with Gasteiger partial charge in [-0.05, 0) is 83.6 Å². The van der Waals surface area contributed by atoms with Crippen molar-refractivity contribution in [2.24, 2.45) is 0 Å². The van der Waals surface area contributed by atoms with Crippen molar-refractivity contribution < 1.29 is 28.5 Å². The number of carbonyl (C=O) groups excluding carboxylic acids is 2. The van der Waals surface area contributed by atoms with Gasteiger partial charge in [0.15, 0.2) is 0 Å². The van der Waals surface area contributed by atoms with E-state index >= 15 is 0 Å². The molecule has 0 aliphatic carbocycles. The van der Waals surface area contributed by atoms with Crippen LogP contribution in [0.2, 0.25) is 20.1 Å². The zero-order chi connectivity index (χ0) is 42.2. The summed E-state index contributed by atoms with van der Waals surface area (Å²) >= 11 is 24.4. The van der Waals surface area contributed by atoms with Crippen LogP contribution in [0.4, 0.5) is 0 Å². The number of carbonyl (C=O) groups is 2. The van der Waals surface area contributed by atoms with Crippen LogP contribution in [0.1, 0.15) is 59.4 Å².